The van der Waals surface area contributed by atoms with Crippen LogP contribution in [0.4, 0.5) is 14.5 Å². The Hall–Kier alpha value is -3.74. The van der Waals surface area contributed by atoms with E-state index < -0.39 is 29.6 Å². The average molecular weight is 408 g/mol. The highest BCUT2D eigenvalue weighted by molar-refractivity contribution is 6.08. The average Bonchev–Trinajstić information content (AvgIpc) is 2.77. The van der Waals surface area contributed by atoms with Gasteiger partial charge in [0.15, 0.2) is 6.10 Å². The van der Waals surface area contributed by atoms with Gasteiger partial charge in [0.05, 0.1) is 17.8 Å². The van der Waals surface area contributed by atoms with Crippen LogP contribution < -0.4 is 15.0 Å². The molecule has 0 radical (unpaired) electrons. The summed E-state index contributed by atoms with van der Waals surface area (Å²) in [5.74, 6) is -2.48. The standard InChI is InChI=1S/C23H18F2N2O3/c24-16-10-11-17(18(25)12-16)23(29)27-14-21(30-20-9-5-4-8-19(20)27)22(28)26-13-15-6-2-1-3-7-15/h1-12,21H,13-14H2,(H,26,28). The number of rotatable bonds is 4. The second-order valence-corrected chi connectivity index (χ2v) is 6.82. The quantitative estimate of drug-likeness (QED) is 0.716. The van der Waals surface area contributed by atoms with Gasteiger partial charge in [0, 0.05) is 12.6 Å². The van der Waals surface area contributed by atoms with E-state index in [0.717, 1.165) is 17.7 Å². The van der Waals surface area contributed by atoms with Gasteiger partial charge in [-0.3, -0.25) is 9.59 Å². The first kappa shape index (κ1) is 19.6. The molecule has 0 aliphatic carbocycles. The van der Waals surface area contributed by atoms with E-state index >= 15 is 0 Å². The Morgan fingerprint density at radius 2 is 1.73 bits per heavy atom. The van der Waals surface area contributed by atoms with Crippen molar-refractivity contribution < 1.29 is 23.1 Å². The number of ether oxygens (including phenoxy) is 1. The summed E-state index contributed by atoms with van der Waals surface area (Å²) in [6, 6.07) is 18.8. The molecule has 0 spiro atoms. The highest BCUT2D eigenvalue weighted by atomic mass is 19.1. The molecule has 152 valence electrons. The molecule has 0 saturated carbocycles. The Kier molecular flexibility index (Phi) is 5.43. The minimum atomic E-state index is -0.976. The molecule has 4 rings (SSSR count). The molecule has 2 amide bonds. The zero-order chi connectivity index (χ0) is 21.1. The second-order valence-electron chi connectivity index (χ2n) is 6.82. The second kappa shape index (κ2) is 8.32. The zero-order valence-electron chi connectivity index (χ0n) is 15.8. The number of hydrogen-bond acceptors (Lipinski definition) is 3. The van der Waals surface area contributed by atoms with Crippen LogP contribution in [0.15, 0.2) is 72.8 Å². The molecule has 1 atom stereocenters. The lowest BCUT2D eigenvalue weighted by Crippen LogP contribution is -2.50. The molecule has 7 heteroatoms. The van der Waals surface area contributed by atoms with Gasteiger partial charge >= 0.3 is 0 Å². The summed E-state index contributed by atoms with van der Waals surface area (Å²) in [6.45, 7) is 0.203. The number of para-hydroxylation sites is 2. The van der Waals surface area contributed by atoms with Crippen molar-refractivity contribution >= 4 is 17.5 Å². The van der Waals surface area contributed by atoms with E-state index in [0.29, 0.717) is 24.0 Å². The van der Waals surface area contributed by atoms with Gasteiger partial charge in [-0.15, -0.1) is 0 Å². The normalized spacial score (nSPS) is 15.1. The SMILES string of the molecule is O=C(NCc1ccccc1)C1CN(C(=O)c2ccc(F)cc2F)c2ccccc2O1. The zero-order valence-corrected chi connectivity index (χ0v) is 15.8. The van der Waals surface area contributed by atoms with E-state index in [2.05, 4.69) is 5.32 Å². The summed E-state index contributed by atoms with van der Waals surface area (Å²) < 4.78 is 33.2. The van der Waals surface area contributed by atoms with E-state index in [9.17, 15) is 18.4 Å². The molecule has 1 N–H and O–H groups in total. The van der Waals surface area contributed by atoms with Crippen molar-refractivity contribution in [1.82, 2.24) is 5.32 Å². The van der Waals surface area contributed by atoms with Crippen molar-refractivity contribution in [1.29, 1.82) is 0 Å². The summed E-state index contributed by atoms with van der Waals surface area (Å²) in [4.78, 5) is 27.0. The Balaban J connectivity index is 1.57. The molecule has 0 saturated heterocycles. The van der Waals surface area contributed by atoms with Gasteiger partial charge in [0.1, 0.15) is 17.4 Å². The van der Waals surface area contributed by atoms with Crippen molar-refractivity contribution in [3.63, 3.8) is 0 Å². The lowest BCUT2D eigenvalue weighted by molar-refractivity contribution is -0.127. The molecule has 3 aromatic carbocycles. The largest absolute Gasteiger partial charge is 0.477 e. The van der Waals surface area contributed by atoms with Crippen molar-refractivity contribution in [3.05, 3.63) is 95.6 Å². The number of benzene rings is 3. The lowest BCUT2D eigenvalue weighted by atomic mass is 10.1. The van der Waals surface area contributed by atoms with Crippen LogP contribution in [0.1, 0.15) is 15.9 Å². The molecule has 0 fully saturated rings. The third-order valence-electron chi connectivity index (χ3n) is 4.78. The molecule has 1 aliphatic rings. The number of amides is 2. The number of carbonyl (C=O) groups is 2. The predicted octanol–water partition coefficient (Wildman–Crippen LogP) is 3.69. The lowest BCUT2D eigenvalue weighted by Gasteiger charge is -2.34. The molecular weight excluding hydrogens is 390 g/mol. The maximum absolute atomic E-state index is 14.2. The Labute approximate surface area is 171 Å². The van der Waals surface area contributed by atoms with Crippen LogP contribution in [0.5, 0.6) is 5.75 Å². The molecule has 0 aromatic heterocycles. The number of carbonyl (C=O) groups excluding carboxylic acids is 2. The molecular formula is C23H18F2N2O3. The summed E-state index contributed by atoms with van der Waals surface area (Å²) in [6.07, 6.45) is -0.976. The van der Waals surface area contributed by atoms with Crippen LogP contribution in [0.2, 0.25) is 0 Å². The highest BCUT2D eigenvalue weighted by Crippen LogP contribution is 2.34. The first-order chi connectivity index (χ1) is 14.5. The van der Waals surface area contributed by atoms with Crippen LogP contribution in [0.25, 0.3) is 0 Å². The number of nitrogens with one attached hydrogen (secondary N) is 1. The number of nitrogens with zero attached hydrogens (tertiary/aromatic N) is 1. The fraction of sp³-hybridized carbons (Fsp3) is 0.130. The van der Waals surface area contributed by atoms with Gasteiger partial charge in [-0.2, -0.15) is 0 Å². The smallest absolute Gasteiger partial charge is 0.263 e. The van der Waals surface area contributed by atoms with E-state index in [-0.39, 0.29) is 12.1 Å². The van der Waals surface area contributed by atoms with Crippen LogP contribution in [0.3, 0.4) is 0 Å². The maximum atomic E-state index is 14.2. The molecule has 1 heterocycles. The van der Waals surface area contributed by atoms with Crippen LogP contribution in [-0.4, -0.2) is 24.5 Å². The fourth-order valence-corrected chi connectivity index (χ4v) is 3.27. The summed E-state index contributed by atoms with van der Waals surface area (Å²) in [5, 5.41) is 2.79. The molecule has 3 aromatic rings. The number of anilines is 1. The molecule has 30 heavy (non-hydrogen) atoms. The topological polar surface area (TPSA) is 58.6 Å². The van der Waals surface area contributed by atoms with Gasteiger partial charge in [-0.05, 0) is 29.8 Å². The minimum absolute atomic E-state index is 0.104. The third-order valence-corrected chi connectivity index (χ3v) is 4.78. The van der Waals surface area contributed by atoms with Crippen molar-refractivity contribution in [2.75, 3.05) is 11.4 Å². The van der Waals surface area contributed by atoms with Gasteiger partial charge in [-0.1, -0.05) is 42.5 Å². The van der Waals surface area contributed by atoms with Crippen molar-refractivity contribution in [2.45, 2.75) is 12.6 Å². The monoisotopic (exact) mass is 408 g/mol. The van der Waals surface area contributed by atoms with Gasteiger partial charge in [0.2, 0.25) is 0 Å². The maximum Gasteiger partial charge on any atom is 0.263 e. The van der Waals surface area contributed by atoms with Gasteiger partial charge in [0.25, 0.3) is 11.8 Å². The van der Waals surface area contributed by atoms with Crippen LogP contribution >= 0.6 is 0 Å². The van der Waals surface area contributed by atoms with Crippen LogP contribution in [-0.2, 0) is 11.3 Å². The van der Waals surface area contributed by atoms with E-state index in [1.165, 1.54) is 4.90 Å². The first-order valence-electron chi connectivity index (χ1n) is 9.37. The Morgan fingerprint density at radius 1 is 1.00 bits per heavy atom. The Morgan fingerprint density at radius 3 is 2.50 bits per heavy atom. The van der Waals surface area contributed by atoms with Gasteiger partial charge in [-0.25, -0.2) is 8.78 Å². The number of halogens is 2. The summed E-state index contributed by atoms with van der Waals surface area (Å²) in [5.41, 5.74) is 1.05. The molecule has 0 bridgehead atoms. The molecule has 5 nitrogen and oxygen atoms in total. The number of fused-ring (bicyclic) bond motifs is 1. The van der Waals surface area contributed by atoms with Crippen molar-refractivity contribution in [3.8, 4) is 5.75 Å². The third kappa shape index (κ3) is 4.00. The first-order valence-corrected chi connectivity index (χ1v) is 9.37. The van der Waals surface area contributed by atoms with E-state index in [4.69, 9.17) is 4.74 Å². The molecule has 1 aliphatic heterocycles. The fourth-order valence-electron chi connectivity index (χ4n) is 3.27. The summed E-state index contributed by atoms with van der Waals surface area (Å²) in [7, 11) is 0. The predicted molar refractivity (Wildman–Crippen MR) is 107 cm³/mol. The minimum Gasteiger partial charge on any atom is -0.477 e. The Bertz CT molecular complexity index is 1090. The van der Waals surface area contributed by atoms with Crippen molar-refractivity contribution in [2.24, 2.45) is 0 Å². The van der Waals surface area contributed by atoms with E-state index in [1.54, 1.807) is 24.3 Å². The van der Waals surface area contributed by atoms with E-state index in [1.807, 2.05) is 30.3 Å². The highest BCUT2D eigenvalue weighted by Gasteiger charge is 2.34. The van der Waals surface area contributed by atoms with Gasteiger partial charge < -0.3 is 15.0 Å². The molecule has 1 unspecified atom stereocenters. The van der Waals surface area contributed by atoms with Crippen LogP contribution in [0, 0.1) is 11.6 Å². The number of hydrogen-bond donors (Lipinski definition) is 1. The summed E-state index contributed by atoms with van der Waals surface area (Å²) >= 11 is 0.